The van der Waals surface area contributed by atoms with Crippen LogP contribution in [0.4, 0.5) is 0 Å². The van der Waals surface area contributed by atoms with Crippen molar-refractivity contribution in [2.75, 3.05) is 13.1 Å². The van der Waals surface area contributed by atoms with E-state index in [0.29, 0.717) is 6.42 Å². The van der Waals surface area contributed by atoms with Gasteiger partial charge in [-0.2, -0.15) is 0 Å². The minimum Gasteiger partial charge on any atom is -0.481 e. The lowest BCUT2D eigenvalue weighted by molar-refractivity contribution is -0.144. The van der Waals surface area contributed by atoms with Crippen molar-refractivity contribution < 1.29 is 14.7 Å². The Bertz CT molecular complexity index is 313. The molecule has 0 bridgehead atoms. The van der Waals surface area contributed by atoms with Gasteiger partial charge in [0.15, 0.2) is 0 Å². The van der Waals surface area contributed by atoms with Gasteiger partial charge >= 0.3 is 5.97 Å². The molecule has 0 radical (unpaired) electrons. The second kappa shape index (κ2) is 6.18. The molecule has 18 heavy (non-hydrogen) atoms. The van der Waals surface area contributed by atoms with E-state index in [1.165, 1.54) is 0 Å². The highest BCUT2D eigenvalue weighted by atomic mass is 16.4. The van der Waals surface area contributed by atoms with Gasteiger partial charge in [-0.25, -0.2) is 0 Å². The monoisotopic (exact) mass is 254 g/mol. The van der Waals surface area contributed by atoms with Gasteiger partial charge in [-0.1, -0.05) is 12.8 Å². The summed E-state index contributed by atoms with van der Waals surface area (Å²) in [6.45, 7) is 1.76. The smallest absolute Gasteiger partial charge is 0.308 e. The first-order chi connectivity index (χ1) is 8.68. The van der Waals surface area contributed by atoms with Crippen LogP contribution in [0.2, 0.25) is 0 Å². The molecule has 3 N–H and O–H groups in total. The fourth-order valence-corrected chi connectivity index (χ4v) is 2.98. The molecule has 1 aliphatic carbocycles. The van der Waals surface area contributed by atoms with Crippen LogP contribution in [-0.4, -0.2) is 36.1 Å². The van der Waals surface area contributed by atoms with Crippen LogP contribution >= 0.6 is 0 Å². The van der Waals surface area contributed by atoms with Crippen LogP contribution in [0, 0.1) is 11.8 Å². The predicted molar refractivity (Wildman–Crippen MR) is 67.1 cm³/mol. The lowest BCUT2D eigenvalue weighted by Crippen LogP contribution is -2.48. The summed E-state index contributed by atoms with van der Waals surface area (Å²) in [5, 5.41) is 15.4. The second-order valence-electron chi connectivity index (χ2n) is 5.37. The molecular formula is C13H22N2O3. The standard InChI is InChI=1S/C13H22N2O3/c16-12(9-5-7-14-8-6-9)15-11-4-2-1-3-10(11)13(17)18/h9-11,14H,1-8H2,(H,15,16)(H,17,18). The zero-order chi connectivity index (χ0) is 13.0. The number of amides is 1. The van der Waals surface area contributed by atoms with Crippen LogP contribution in [0.25, 0.3) is 0 Å². The summed E-state index contributed by atoms with van der Waals surface area (Å²) >= 11 is 0. The highest BCUT2D eigenvalue weighted by molar-refractivity contribution is 5.80. The summed E-state index contributed by atoms with van der Waals surface area (Å²) in [5.74, 6) is -1.06. The Hall–Kier alpha value is -1.10. The van der Waals surface area contributed by atoms with Crippen LogP contribution in [0.1, 0.15) is 38.5 Å². The first-order valence-corrected chi connectivity index (χ1v) is 6.92. The molecule has 2 fully saturated rings. The Morgan fingerprint density at radius 2 is 1.72 bits per heavy atom. The Balaban J connectivity index is 1.89. The Morgan fingerprint density at radius 1 is 1.06 bits per heavy atom. The van der Waals surface area contributed by atoms with Gasteiger partial charge in [-0.3, -0.25) is 9.59 Å². The van der Waals surface area contributed by atoms with Gasteiger partial charge in [0.05, 0.1) is 5.92 Å². The van der Waals surface area contributed by atoms with E-state index in [9.17, 15) is 14.7 Å². The first-order valence-electron chi connectivity index (χ1n) is 6.92. The highest BCUT2D eigenvalue weighted by Gasteiger charge is 2.33. The van der Waals surface area contributed by atoms with Crippen LogP contribution < -0.4 is 10.6 Å². The van der Waals surface area contributed by atoms with Crippen molar-refractivity contribution in [3.8, 4) is 0 Å². The zero-order valence-electron chi connectivity index (χ0n) is 10.7. The number of hydrogen-bond donors (Lipinski definition) is 3. The fourth-order valence-electron chi connectivity index (χ4n) is 2.98. The van der Waals surface area contributed by atoms with E-state index >= 15 is 0 Å². The second-order valence-corrected chi connectivity index (χ2v) is 5.37. The number of carboxylic acid groups (broad SMARTS) is 1. The molecule has 1 saturated carbocycles. The average Bonchev–Trinajstić information content (AvgIpc) is 2.40. The van der Waals surface area contributed by atoms with Gasteiger partial charge in [-0.05, 0) is 38.8 Å². The van der Waals surface area contributed by atoms with Crippen LogP contribution in [-0.2, 0) is 9.59 Å². The molecule has 1 amide bonds. The van der Waals surface area contributed by atoms with E-state index in [1.54, 1.807) is 0 Å². The number of hydrogen-bond acceptors (Lipinski definition) is 3. The number of rotatable bonds is 3. The topological polar surface area (TPSA) is 78.4 Å². The predicted octanol–water partition coefficient (Wildman–Crippen LogP) is 0.746. The van der Waals surface area contributed by atoms with E-state index in [2.05, 4.69) is 10.6 Å². The van der Waals surface area contributed by atoms with Gasteiger partial charge in [0.1, 0.15) is 0 Å². The van der Waals surface area contributed by atoms with Crippen molar-refractivity contribution in [3.05, 3.63) is 0 Å². The average molecular weight is 254 g/mol. The maximum Gasteiger partial charge on any atom is 0.308 e. The number of aliphatic carboxylic acids is 1. The molecule has 2 rings (SSSR count). The summed E-state index contributed by atoms with van der Waals surface area (Å²) < 4.78 is 0. The van der Waals surface area contributed by atoms with E-state index < -0.39 is 11.9 Å². The van der Waals surface area contributed by atoms with E-state index in [-0.39, 0.29) is 17.9 Å². The number of carboxylic acids is 1. The molecule has 5 nitrogen and oxygen atoms in total. The highest BCUT2D eigenvalue weighted by Crippen LogP contribution is 2.25. The third-order valence-corrected chi connectivity index (χ3v) is 4.12. The maximum absolute atomic E-state index is 12.1. The molecule has 2 atom stereocenters. The summed E-state index contributed by atoms with van der Waals surface area (Å²) in [4.78, 5) is 23.3. The summed E-state index contributed by atoms with van der Waals surface area (Å²) in [6.07, 6.45) is 5.17. The molecule has 5 heteroatoms. The third-order valence-electron chi connectivity index (χ3n) is 4.12. The van der Waals surface area contributed by atoms with Crippen molar-refractivity contribution in [1.82, 2.24) is 10.6 Å². The number of carbonyl (C=O) groups is 2. The van der Waals surface area contributed by atoms with Gasteiger partial charge in [0.25, 0.3) is 0 Å². The van der Waals surface area contributed by atoms with Crippen molar-refractivity contribution in [2.45, 2.75) is 44.6 Å². The fraction of sp³-hybridized carbons (Fsp3) is 0.846. The minimum atomic E-state index is -0.773. The normalized spacial score (nSPS) is 29.8. The molecule has 2 aliphatic rings. The number of nitrogens with one attached hydrogen (secondary N) is 2. The third kappa shape index (κ3) is 3.22. The van der Waals surface area contributed by atoms with Gasteiger partial charge in [-0.15, -0.1) is 0 Å². The van der Waals surface area contributed by atoms with Gasteiger partial charge in [0, 0.05) is 12.0 Å². The molecule has 0 spiro atoms. The molecule has 1 heterocycles. The quantitative estimate of drug-likeness (QED) is 0.694. The number of carbonyl (C=O) groups excluding carboxylic acids is 1. The van der Waals surface area contributed by atoms with E-state index in [4.69, 9.17) is 0 Å². The van der Waals surface area contributed by atoms with Crippen LogP contribution in [0.5, 0.6) is 0 Å². The Labute approximate surface area is 107 Å². The summed E-state index contributed by atoms with van der Waals surface area (Å²) in [5.41, 5.74) is 0. The molecule has 0 aromatic rings. The van der Waals surface area contributed by atoms with Crippen molar-refractivity contribution in [1.29, 1.82) is 0 Å². The lowest BCUT2D eigenvalue weighted by atomic mass is 9.84. The zero-order valence-corrected chi connectivity index (χ0v) is 10.7. The van der Waals surface area contributed by atoms with E-state index in [0.717, 1.165) is 45.2 Å². The molecule has 102 valence electrons. The molecule has 2 unspecified atom stereocenters. The van der Waals surface area contributed by atoms with Crippen LogP contribution in [0.15, 0.2) is 0 Å². The maximum atomic E-state index is 12.1. The Kier molecular flexibility index (Phi) is 4.58. The molecule has 0 aromatic heterocycles. The van der Waals surface area contributed by atoms with Crippen molar-refractivity contribution >= 4 is 11.9 Å². The summed E-state index contributed by atoms with van der Waals surface area (Å²) in [7, 11) is 0. The largest absolute Gasteiger partial charge is 0.481 e. The van der Waals surface area contributed by atoms with Gasteiger partial charge in [0.2, 0.25) is 5.91 Å². The first kappa shape index (κ1) is 13.3. The molecular weight excluding hydrogens is 232 g/mol. The minimum absolute atomic E-state index is 0.0506. The molecule has 1 saturated heterocycles. The molecule has 0 aromatic carbocycles. The summed E-state index contributed by atoms with van der Waals surface area (Å²) in [6, 6.07) is -0.168. The van der Waals surface area contributed by atoms with Crippen molar-refractivity contribution in [3.63, 3.8) is 0 Å². The molecule has 1 aliphatic heterocycles. The Morgan fingerprint density at radius 3 is 2.39 bits per heavy atom. The van der Waals surface area contributed by atoms with E-state index in [1.807, 2.05) is 0 Å². The SMILES string of the molecule is O=C(NC1CCCCC1C(=O)O)C1CCNCC1. The van der Waals surface area contributed by atoms with Crippen LogP contribution in [0.3, 0.4) is 0 Å². The number of piperidine rings is 1. The van der Waals surface area contributed by atoms with Crippen molar-refractivity contribution in [2.24, 2.45) is 11.8 Å². The van der Waals surface area contributed by atoms with Gasteiger partial charge < -0.3 is 15.7 Å². The lowest BCUT2D eigenvalue weighted by Gasteiger charge is -2.31.